The number of hydrogen-bond acceptors (Lipinski definition) is 4. The van der Waals surface area contributed by atoms with Gasteiger partial charge in [0.05, 0.1) is 32.7 Å². The Morgan fingerprint density at radius 1 is 1.32 bits per heavy atom. The van der Waals surface area contributed by atoms with Gasteiger partial charge in [0.15, 0.2) is 0 Å². The molecule has 0 unspecified atom stereocenters. The minimum Gasteiger partial charge on any atom is -0.325 e. The molecule has 25 heavy (non-hydrogen) atoms. The molecule has 0 spiro atoms. The number of carbonyl (C=O) groups is 1. The molecule has 1 aromatic heterocycles. The third-order valence-corrected chi connectivity index (χ3v) is 5.89. The van der Waals surface area contributed by atoms with E-state index in [2.05, 4.69) is 15.1 Å². The second kappa shape index (κ2) is 6.34. The number of halogens is 1. The normalized spacial score (nSPS) is 14.2. The van der Waals surface area contributed by atoms with Crippen LogP contribution in [0.5, 0.6) is 0 Å². The van der Waals surface area contributed by atoms with E-state index in [9.17, 15) is 13.2 Å². The Labute approximate surface area is 151 Å². The summed E-state index contributed by atoms with van der Waals surface area (Å²) in [5.41, 5.74) is 3.04. The molecule has 2 N–H and O–H groups in total. The van der Waals surface area contributed by atoms with Crippen LogP contribution in [0.3, 0.4) is 0 Å². The average Bonchev–Trinajstić information content (AvgIpc) is 2.82. The molecule has 0 saturated heterocycles. The van der Waals surface area contributed by atoms with Gasteiger partial charge >= 0.3 is 0 Å². The van der Waals surface area contributed by atoms with Crippen molar-refractivity contribution in [1.29, 1.82) is 0 Å². The number of benzene rings is 1. The lowest BCUT2D eigenvalue weighted by molar-refractivity contribution is -0.116. The highest BCUT2D eigenvalue weighted by Gasteiger charge is 2.24. The first-order chi connectivity index (χ1) is 11.7. The van der Waals surface area contributed by atoms with Crippen molar-refractivity contribution in [2.75, 3.05) is 10.0 Å². The predicted molar refractivity (Wildman–Crippen MR) is 96.6 cm³/mol. The molecular formula is C16H19ClN4O3S. The topological polar surface area (TPSA) is 93.1 Å². The number of nitrogens with one attached hydrogen (secondary N) is 2. The smallest absolute Gasteiger partial charge is 0.262 e. The maximum Gasteiger partial charge on any atom is 0.262 e. The SMILES string of the molecule is CCn1nc(C)c(NS(=O)(=O)c2cc(Cl)c3c(c2)CCC(=O)N3)c1C. The van der Waals surface area contributed by atoms with Crippen molar-refractivity contribution in [3.05, 3.63) is 34.1 Å². The van der Waals surface area contributed by atoms with Gasteiger partial charge in [0.2, 0.25) is 5.91 Å². The first kappa shape index (κ1) is 17.8. The zero-order valence-electron chi connectivity index (χ0n) is 14.2. The van der Waals surface area contributed by atoms with Crippen LogP contribution >= 0.6 is 11.6 Å². The van der Waals surface area contributed by atoms with Gasteiger partial charge in [0.1, 0.15) is 0 Å². The van der Waals surface area contributed by atoms with Crippen LogP contribution < -0.4 is 10.0 Å². The van der Waals surface area contributed by atoms with E-state index in [1.54, 1.807) is 17.7 Å². The van der Waals surface area contributed by atoms with Gasteiger partial charge in [-0.3, -0.25) is 14.2 Å². The highest BCUT2D eigenvalue weighted by Crippen LogP contribution is 2.34. The Kier molecular flexibility index (Phi) is 4.51. The van der Waals surface area contributed by atoms with Crippen LogP contribution in [0.15, 0.2) is 17.0 Å². The summed E-state index contributed by atoms with van der Waals surface area (Å²) in [4.78, 5) is 11.6. The second-order valence-electron chi connectivity index (χ2n) is 5.95. The van der Waals surface area contributed by atoms with Crippen LogP contribution in [-0.4, -0.2) is 24.1 Å². The molecule has 0 atom stereocenters. The molecule has 0 saturated carbocycles. The number of aryl methyl sites for hydroxylation is 3. The second-order valence-corrected chi connectivity index (χ2v) is 8.04. The molecule has 0 fully saturated rings. The maximum absolute atomic E-state index is 12.8. The fourth-order valence-corrected chi connectivity index (χ4v) is 4.53. The number of amides is 1. The molecule has 2 heterocycles. The fourth-order valence-electron chi connectivity index (χ4n) is 2.92. The van der Waals surface area contributed by atoms with E-state index < -0.39 is 10.0 Å². The minimum atomic E-state index is -3.82. The van der Waals surface area contributed by atoms with Crippen molar-refractivity contribution in [3.8, 4) is 0 Å². The number of nitrogens with zero attached hydrogens (tertiary/aromatic N) is 2. The lowest BCUT2D eigenvalue weighted by Crippen LogP contribution is -2.21. The van der Waals surface area contributed by atoms with Crippen molar-refractivity contribution in [3.63, 3.8) is 0 Å². The van der Waals surface area contributed by atoms with E-state index in [1.165, 1.54) is 6.07 Å². The van der Waals surface area contributed by atoms with Gasteiger partial charge in [0, 0.05) is 13.0 Å². The van der Waals surface area contributed by atoms with Crippen LogP contribution in [0.4, 0.5) is 11.4 Å². The monoisotopic (exact) mass is 382 g/mol. The summed E-state index contributed by atoms with van der Waals surface area (Å²) in [6.45, 7) is 6.16. The molecule has 1 amide bonds. The van der Waals surface area contributed by atoms with Crippen LogP contribution in [-0.2, 0) is 27.8 Å². The minimum absolute atomic E-state index is 0.0652. The van der Waals surface area contributed by atoms with Crippen LogP contribution in [0.25, 0.3) is 0 Å². The Morgan fingerprint density at radius 2 is 2.04 bits per heavy atom. The molecule has 1 aliphatic heterocycles. The number of sulfonamides is 1. The molecule has 1 aromatic carbocycles. The number of aromatic nitrogens is 2. The van der Waals surface area contributed by atoms with Gasteiger partial charge in [-0.25, -0.2) is 8.42 Å². The van der Waals surface area contributed by atoms with Crippen LogP contribution in [0, 0.1) is 13.8 Å². The van der Waals surface area contributed by atoms with Gasteiger partial charge in [-0.2, -0.15) is 5.10 Å². The Morgan fingerprint density at radius 3 is 2.68 bits per heavy atom. The highest BCUT2D eigenvalue weighted by atomic mass is 35.5. The van der Waals surface area contributed by atoms with Gasteiger partial charge in [-0.05, 0) is 44.9 Å². The van der Waals surface area contributed by atoms with Crippen molar-refractivity contribution >= 4 is 38.9 Å². The predicted octanol–water partition coefficient (Wildman–Crippen LogP) is 2.86. The van der Waals surface area contributed by atoms with Crippen molar-refractivity contribution in [1.82, 2.24) is 9.78 Å². The quantitative estimate of drug-likeness (QED) is 0.850. The van der Waals surface area contributed by atoms with Crippen LogP contribution in [0.2, 0.25) is 5.02 Å². The van der Waals surface area contributed by atoms with Gasteiger partial charge < -0.3 is 5.32 Å². The largest absolute Gasteiger partial charge is 0.325 e. The molecule has 0 bridgehead atoms. The Hall–Kier alpha value is -2.06. The zero-order chi connectivity index (χ0) is 18.4. The first-order valence-electron chi connectivity index (χ1n) is 7.92. The number of fused-ring (bicyclic) bond motifs is 1. The summed E-state index contributed by atoms with van der Waals surface area (Å²) in [6.07, 6.45) is 0.762. The number of carbonyl (C=O) groups excluding carboxylic acids is 1. The van der Waals surface area contributed by atoms with Gasteiger partial charge in [-0.1, -0.05) is 11.6 Å². The molecule has 3 rings (SSSR count). The molecule has 0 radical (unpaired) electrons. The Bertz CT molecular complexity index is 966. The average molecular weight is 383 g/mol. The summed E-state index contributed by atoms with van der Waals surface area (Å²) in [6, 6.07) is 2.90. The number of rotatable bonds is 4. The third-order valence-electron chi connectivity index (χ3n) is 4.26. The van der Waals surface area contributed by atoms with E-state index in [1.807, 2.05) is 13.8 Å². The maximum atomic E-state index is 12.8. The van der Waals surface area contributed by atoms with E-state index in [-0.39, 0.29) is 15.8 Å². The summed E-state index contributed by atoms with van der Waals surface area (Å²) in [7, 11) is -3.82. The molecule has 2 aromatic rings. The van der Waals surface area contributed by atoms with Crippen molar-refractivity contribution in [2.45, 2.75) is 45.1 Å². The molecule has 134 valence electrons. The molecule has 0 aliphatic carbocycles. The van der Waals surface area contributed by atoms with Gasteiger partial charge in [-0.15, -0.1) is 0 Å². The lowest BCUT2D eigenvalue weighted by atomic mass is 10.0. The van der Waals surface area contributed by atoms with Crippen LogP contribution in [0.1, 0.15) is 30.3 Å². The zero-order valence-corrected chi connectivity index (χ0v) is 15.8. The van der Waals surface area contributed by atoms with Gasteiger partial charge in [0.25, 0.3) is 10.0 Å². The molecule has 9 heteroatoms. The highest BCUT2D eigenvalue weighted by molar-refractivity contribution is 7.92. The standard InChI is InChI=1S/C16H19ClN4O3S/c1-4-21-10(3)15(9(2)19-21)20-25(23,24)12-7-11-5-6-14(22)18-16(11)13(17)8-12/h7-8,20H,4-6H2,1-3H3,(H,18,22). The number of hydrogen-bond donors (Lipinski definition) is 2. The third kappa shape index (κ3) is 3.23. The van der Waals surface area contributed by atoms with Crippen molar-refractivity contribution in [2.24, 2.45) is 0 Å². The number of anilines is 2. The van der Waals surface area contributed by atoms with E-state index >= 15 is 0 Å². The molecular weight excluding hydrogens is 364 g/mol. The summed E-state index contributed by atoms with van der Waals surface area (Å²) in [5.74, 6) is -0.124. The van der Waals surface area contributed by atoms with E-state index in [4.69, 9.17) is 11.6 Å². The summed E-state index contributed by atoms with van der Waals surface area (Å²) in [5, 5.41) is 7.22. The molecule has 7 nitrogen and oxygen atoms in total. The Balaban J connectivity index is 2.00. The van der Waals surface area contributed by atoms with Crippen molar-refractivity contribution < 1.29 is 13.2 Å². The summed E-state index contributed by atoms with van der Waals surface area (Å²) >= 11 is 6.19. The van der Waals surface area contributed by atoms with E-state index in [0.717, 1.165) is 5.69 Å². The molecule has 1 aliphatic rings. The first-order valence-corrected chi connectivity index (χ1v) is 9.78. The lowest BCUT2D eigenvalue weighted by Gasteiger charge is -2.19. The van der Waals surface area contributed by atoms with E-state index in [0.29, 0.717) is 42.0 Å². The fraction of sp³-hybridized carbons (Fsp3) is 0.375. The summed E-state index contributed by atoms with van der Waals surface area (Å²) < 4.78 is 30.0.